The molecule has 5 heavy (non-hydrogen) atoms. The van der Waals surface area contributed by atoms with E-state index in [1.54, 1.807) is 0 Å². The first-order valence-electron chi connectivity index (χ1n) is 0.429. The summed E-state index contributed by atoms with van der Waals surface area (Å²) in [6.07, 6.45) is 0. The van der Waals surface area contributed by atoms with E-state index in [-0.39, 0.29) is 48.9 Å². The van der Waals surface area contributed by atoms with Crippen molar-refractivity contribution in [3.05, 3.63) is 0 Å². The van der Waals surface area contributed by atoms with E-state index >= 15 is 0 Å². The van der Waals surface area contributed by atoms with Crippen molar-refractivity contribution in [1.82, 2.24) is 0 Å². The molecule has 0 amide bonds. The fourth-order valence-corrected chi connectivity index (χ4v) is 0. The molecular formula is H2BaEuF3. The van der Waals surface area contributed by atoms with Crippen LogP contribution in [0.5, 0.6) is 0 Å². The monoisotopic (exact) mass is 350 g/mol. The summed E-state index contributed by atoms with van der Waals surface area (Å²) >= 11 is -4.96. The summed E-state index contributed by atoms with van der Waals surface area (Å²) in [6, 6.07) is 0. The quantitative estimate of drug-likeness (QED) is 0.554. The van der Waals surface area contributed by atoms with Crippen molar-refractivity contribution in [1.29, 1.82) is 0 Å². The molecule has 0 spiro atoms. The summed E-state index contributed by atoms with van der Waals surface area (Å²) in [5.41, 5.74) is 0. The summed E-state index contributed by atoms with van der Waals surface area (Å²) in [5.74, 6) is 0. The minimum absolute atomic E-state index is 0. The molecular weight excluding hydrogens is 346 g/mol. The van der Waals surface area contributed by atoms with Crippen LogP contribution in [0.15, 0.2) is 0 Å². The predicted octanol–water partition coefficient (Wildman–Crippen LogP) is 0.344. The Hall–Kier alpha value is 2.95. The van der Waals surface area contributed by atoms with E-state index in [1.165, 1.54) is 0 Å². The van der Waals surface area contributed by atoms with Crippen LogP contribution in [-0.2, 0) is 0 Å². The third kappa shape index (κ3) is 19.6. The van der Waals surface area contributed by atoms with Crippen LogP contribution in [0.3, 0.4) is 0 Å². The summed E-state index contributed by atoms with van der Waals surface area (Å²) in [6.45, 7) is 0. The van der Waals surface area contributed by atoms with Gasteiger partial charge >= 0.3 is 94.0 Å². The Bertz CT molecular complexity index is 11.6. The molecule has 0 aliphatic rings. The average Bonchev–Trinajstić information content (AvgIpc) is 0.811. The normalized spacial score (nSPS) is 9.00. The fourth-order valence-electron chi connectivity index (χ4n) is 0. The molecule has 32 valence electrons. The molecule has 0 radical (unpaired) electrons. The molecule has 0 bridgehead atoms. The Morgan fingerprint density at radius 1 is 1.00 bits per heavy atom. The maximum atomic E-state index is 9.85. The SMILES string of the molecule is [BaH2].[F][Eu]([F])[F]. The van der Waals surface area contributed by atoms with Crippen molar-refractivity contribution in [2.45, 2.75) is 0 Å². The van der Waals surface area contributed by atoms with E-state index in [0.29, 0.717) is 0 Å². The van der Waals surface area contributed by atoms with Gasteiger partial charge in [0.1, 0.15) is 0 Å². The van der Waals surface area contributed by atoms with E-state index in [4.69, 9.17) is 0 Å². The Morgan fingerprint density at radius 3 is 1.00 bits per heavy atom. The van der Waals surface area contributed by atoms with Gasteiger partial charge in [0.15, 0.2) is 0 Å². The first-order chi connectivity index (χ1) is 1.73. The zero-order valence-electron chi connectivity index (χ0n) is 1.51. The van der Waals surface area contributed by atoms with E-state index < -0.39 is 45.1 Å². The van der Waals surface area contributed by atoms with Crippen LogP contribution < -0.4 is 0 Å². The van der Waals surface area contributed by atoms with Crippen molar-refractivity contribution in [2.24, 2.45) is 0 Å². The minimum atomic E-state index is -4.96. The Morgan fingerprint density at radius 2 is 1.00 bits per heavy atom. The zero-order valence-corrected chi connectivity index (χ0v) is 3.94. The Kier molecular flexibility index (Phi) is 15.1. The maximum absolute atomic E-state index is 9.85. The molecule has 0 atom stereocenters. The number of hydrogen-bond acceptors (Lipinski definition) is 0. The first-order valence-corrected chi connectivity index (χ1v) is 3.18. The second kappa shape index (κ2) is 6.95. The molecule has 0 rings (SSSR count). The zero-order chi connectivity index (χ0) is 3.58. The molecule has 0 heterocycles. The standard InChI is InChI=1S/Ba.Eu.3FH.2H/h;;3*1H;;/q;+3;;;;;/p-3. The van der Waals surface area contributed by atoms with Crippen LogP contribution in [0, 0.1) is 45.1 Å². The van der Waals surface area contributed by atoms with Crippen LogP contribution >= 0.6 is 0 Å². The molecule has 0 saturated carbocycles. The average molecular weight is 348 g/mol. The first kappa shape index (κ1) is 10.8. The van der Waals surface area contributed by atoms with Gasteiger partial charge in [-0.3, -0.25) is 0 Å². The van der Waals surface area contributed by atoms with E-state index in [9.17, 15) is 0.0763 Å². The van der Waals surface area contributed by atoms with Gasteiger partial charge in [0.05, 0.1) is 0 Å². The Labute approximate surface area is 90.8 Å². The van der Waals surface area contributed by atoms with Gasteiger partial charge in [0.25, 0.3) is 0 Å². The van der Waals surface area contributed by atoms with Gasteiger partial charge < -0.3 is 0 Å². The van der Waals surface area contributed by atoms with Crippen LogP contribution in [0.25, 0.3) is 0 Å². The fraction of sp³-hybridized carbons (Fsp3) is 0. The van der Waals surface area contributed by atoms with Crippen LogP contribution in [0.4, 0.5) is 0.0763 Å². The summed E-state index contributed by atoms with van der Waals surface area (Å²) < 4.78 is 29.6. The van der Waals surface area contributed by atoms with Gasteiger partial charge in [0, 0.05) is 0 Å². The van der Waals surface area contributed by atoms with Crippen molar-refractivity contribution >= 4 is 48.9 Å². The molecule has 0 aliphatic carbocycles. The van der Waals surface area contributed by atoms with Crippen molar-refractivity contribution in [2.75, 3.05) is 0 Å². The Balaban J connectivity index is 0. The molecule has 0 unspecified atom stereocenters. The third-order valence-electron chi connectivity index (χ3n) is 0. The molecule has 0 N–H and O–H groups in total. The molecule has 5 heteroatoms. The topological polar surface area (TPSA) is 0 Å². The number of hydrogen-bond donors (Lipinski definition) is 0. The predicted molar refractivity (Wildman–Crippen MR) is 11.9 cm³/mol. The van der Waals surface area contributed by atoms with Crippen LogP contribution in [-0.4, -0.2) is 48.9 Å². The molecule has 0 aromatic rings. The van der Waals surface area contributed by atoms with E-state index in [2.05, 4.69) is 0 Å². The van der Waals surface area contributed by atoms with Crippen molar-refractivity contribution in [3.8, 4) is 0 Å². The van der Waals surface area contributed by atoms with E-state index in [0.717, 1.165) is 0 Å². The second-order valence-corrected chi connectivity index (χ2v) is 1.20. The van der Waals surface area contributed by atoms with Gasteiger partial charge in [-0.25, -0.2) is 0 Å². The molecule has 0 fully saturated rings. The van der Waals surface area contributed by atoms with Gasteiger partial charge in [-0.2, -0.15) is 0 Å². The molecule has 0 aromatic heterocycles. The molecule has 0 nitrogen and oxygen atoms in total. The summed E-state index contributed by atoms with van der Waals surface area (Å²) in [4.78, 5) is 0. The molecule has 0 aliphatic heterocycles. The summed E-state index contributed by atoms with van der Waals surface area (Å²) in [7, 11) is 0. The van der Waals surface area contributed by atoms with Crippen molar-refractivity contribution < 1.29 is 45.1 Å². The molecule has 0 saturated heterocycles. The van der Waals surface area contributed by atoms with Gasteiger partial charge in [-0.15, -0.1) is 0 Å². The summed E-state index contributed by atoms with van der Waals surface area (Å²) in [5, 5.41) is 0. The van der Waals surface area contributed by atoms with Crippen LogP contribution in [0.1, 0.15) is 0 Å². The third-order valence-corrected chi connectivity index (χ3v) is 0. The molecule has 0 aromatic carbocycles. The number of halogens is 3. The van der Waals surface area contributed by atoms with Crippen molar-refractivity contribution in [3.63, 3.8) is 0 Å². The second-order valence-electron chi connectivity index (χ2n) is 0.162. The number of rotatable bonds is 0. The van der Waals surface area contributed by atoms with Gasteiger partial charge in [-0.1, -0.05) is 0 Å². The van der Waals surface area contributed by atoms with Gasteiger partial charge in [-0.05, 0) is 0 Å². The van der Waals surface area contributed by atoms with Crippen LogP contribution in [0.2, 0.25) is 0 Å². The van der Waals surface area contributed by atoms with E-state index in [1.807, 2.05) is 0 Å². The van der Waals surface area contributed by atoms with Gasteiger partial charge in [0.2, 0.25) is 0 Å².